The molecule has 0 aliphatic carbocycles. The van der Waals surface area contributed by atoms with Crippen molar-refractivity contribution in [3.63, 3.8) is 0 Å². The molecule has 114 valence electrons. The number of hydrogen-bond acceptors (Lipinski definition) is 4. The molecule has 0 unspecified atom stereocenters. The number of hydrogen-bond donors (Lipinski definition) is 2. The van der Waals surface area contributed by atoms with Gasteiger partial charge in [0.05, 0.1) is 6.21 Å². The molecule has 0 saturated heterocycles. The molecule has 0 aliphatic heterocycles. The molecule has 4 nitrogen and oxygen atoms in total. The summed E-state index contributed by atoms with van der Waals surface area (Å²) in [4.78, 5) is 0. The summed E-state index contributed by atoms with van der Waals surface area (Å²) in [6.07, 6.45) is 1.40. The molecule has 0 fully saturated rings. The maximum Gasteiger partial charge on any atom is 0.180 e. The van der Waals surface area contributed by atoms with Crippen LogP contribution in [-0.2, 0) is 5.75 Å². The standard InChI is InChI=1S/C15H13Cl2N3OS/c16-12-3-1-2-10(6-12)9-22-15(18)20-19-8-11-7-13(17)4-5-14(11)21/h1-8,21H,9H2,(H2,18,20)/b19-8+. The molecule has 0 spiro atoms. The average molecular weight is 354 g/mol. The molecule has 0 saturated carbocycles. The zero-order chi connectivity index (χ0) is 15.9. The van der Waals surface area contributed by atoms with E-state index in [1.165, 1.54) is 24.0 Å². The van der Waals surface area contributed by atoms with Crippen LogP contribution < -0.4 is 5.73 Å². The molecule has 7 heteroatoms. The van der Waals surface area contributed by atoms with E-state index in [4.69, 9.17) is 28.9 Å². The van der Waals surface area contributed by atoms with Gasteiger partial charge in [-0.3, -0.25) is 0 Å². The third kappa shape index (κ3) is 5.26. The largest absolute Gasteiger partial charge is 0.507 e. The molecule has 0 radical (unpaired) electrons. The smallest absolute Gasteiger partial charge is 0.180 e. The van der Waals surface area contributed by atoms with Gasteiger partial charge in [0, 0.05) is 21.4 Å². The first-order chi connectivity index (χ1) is 10.5. The van der Waals surface area contributed by atoms with E-state index >= 15 is 0 Å². The van der Waals surface area contributed by atoms with E-state index in [1.54, 1.807) is 12.1 Å². The first-order valence-electron chi connectivity index (χ1n) is 6.27. The van der Waals surface area contributed by atoms with E-state index in [1.807, 2.05) is 24.3 Å². The van der Waals surface area contributed by atoms with E-state index < -0.39 is 0 Å². The first-order valence-corrected chi connectivity index (χ1v) is 8.01. The number of rotatable bonds is 4. The van der Waals surface area contributed by atoms with Gasteiger partial charge in [-0.25, -0.2) is 0 Å². The van der Waals surface area contributed by atoms with E-state index in [0.29, 0.717) is 26.5 Å². The van der Waals surface area contributed by atoms with Gasteiger partial charge in [0.2, 0.25) is 0 Å². The molecule has 3 N–H and O–H groups in total. The summed E-state index contributed by atoms with van der Waals surface area (Å²) in [5, 5.41) is 18.9. The van der Waals surface area contributed by atoms with Gasteiger partial charge < -0.3 is 10.8 Å². The van der Waals surface area contributed by atoms with Crippen LogP contribution in [0.3, 0.4) is 0 Å². The van der Waals surface area contributed by atoms with Crippen molar-refractivity contribution in [1.82, 2.24) is 0 Å². The van der Waals surface area contributed by atoms with Crippen molar-refractivity contribution < 1.29 is 5.11 Å². The average Bonchev–Trinajstić information content (AvgIpc) is 2.49. The Kier molecular flexibility index (Phi) is 6.12. The number of aromatic hydroxyl groups is 1. The third-order valence-electron chi connectivity index (χ3n) is 2.62. The molecule has 2 aromatic carbocycles. The monoisotopic (exact) mass is 353 g/mol. The molecular formula is C15H13Cl2N3OS. The second-order valence-electron chi connectivity index (χ2n) is 4.30. The van der Waals surface area contributed by atoms with Crippen LogP contribution in [0, 0.1) is 0 Å². The summed E-state index contributed by atoms with van der Waals surface area (Å²) in [7, 11) is 0. The van der Waals surface area contributed by atoms with Gasteiger partial charge in [-0.05, 0) is 35.9 Å². The molecular weight excluding hydrogens is 341 g/mol. The minimum atomic E-state index is 0.0773. The highest BCUT2D eigenvalue weighted by Crippen LogP contribution is 2.20. The topological polar surface area (TPSA) is 71.0 Å². The Balaban J connectivity index is 1.95. The second kappa shape index (κ2) is 8.08. The third-order valence-corrected chi connectivity index (χ3v) is 3.94. The van der Waals surface area contributed by atoms with Crippen LogP contribution in [0.2, 0.25) is 10.0 Å². The number of benzene rings is 2. The van der Waals surface area contributed by atoms with Crippen LogP contribution in [0.25, 0.3) is 0 Å². The Bertz CT molecular complexity index is 720. The lowest BCUT2D eigenvalue weighted by Gasteiger charge is -2.01. The molecule has 22 heavy (non-hydrogen) atoms. The van der Waals surface area contributed by atoms with Crippen molar-refractivity contribution in [3.8, 4) is 5.75 Å². The van der Waals surface area contributed by atoms with Crippen molar-refractivity contribution in [3.05, 3.63) is 63.6 Å². The fraction of sp³-hybridized carbons (Fsp3) is 0.0667. The lowest BCUT2D eigenvalue weighted by molar-refractivity contribution is 0.474. The summed E-state index contributed by atoms with van der Waals surface area (Å²) in [6.45, 7) is 0. The molecule has 0 amide bonds. The van der Waals surface area contributed by atoms with Crippen molar-refractivity contribution >= 4 is 46.3 Å². The molecule has 2 aromatic rings. The van der Waals surface area contributed by atoms with Crippen LogP contribution in [0.1, 0.15) is 11.1 Å². The highest BCUT2D eigenvalue weighted by atomic mass is 35.5. The predicted molar refractivity (Wildman–Crippen MR) is 95.1 cm³/mol. The van der Waals surface area contributed by atoms with Crippen LogP contribution in [0.4, 0.5) is 0 Å². The van der Waals surface area contributed by atoms with Crippen LogP contribution in [0.5, 0.6) is 5.75 Å². The Morgan fingerprint density at radius 2 is 1.95 bits per heavy atom. The molecule has 0 bridgehead atoms. The highest BCUT2D eigenvalue weighted by Gasteiger charge is 2.00. The molecule has 2 rings (SSSR count). The number of halogens is 2. The minimum absolute atomic E-state index is 0.0773. The van der Waals surface area contributed by atoms with Gasteiger partial charge in [0.1, 0.15) is 5.75 Å². The van der Waals surface area contributed by atoms with Gasteiger partial charge in [0.15, 0.2) is 5.17 Å². The molecule has 0 aliphatic rings. The summed E-state index contributed by atoms with van der Waals surface area (Å²) in [6, 6.07) is 12.2. The number of nitrogens with two attached hydrogens (primary N) is 1. The number of nitrogens with zero attached hydrogens (tertiary/aromatic N) is 2. The summed E-state index contributed by atoms with van der Waals surface area (Å²) >= 11 is 13.1. The Hall–Kier alpha value is -1.69. The van der Waals surface area contributed by atoms with Gasteiger partial charge in [-0.2, -0.15) is 5.10 Å². The molecule has 0 atom stereocenters. The summed E-state index contributed by atoms with van der Waals surface area (Å²) in [5.41, 5.74) is 7.29. The molecule has 0 aromatic heterocycles. The number of amidine groups is 1. The second-order valence-corrected chi connectivity index (χ2v) is 6.17. The zero-order valence-corrected chi connectivity index (χ0v) is 13.7. The van der Waals surface area contributed by atoms with Gasteiger partial charge >= 0.3 is 0 Å². The van der Waals surface area contributed by atoms with Gasteiger partial charge in [-0.15, -0.1) is 5.10 Å². The number of thioether (sulfide) groups is 1. The Morgan fingerprint density at radius 1 is 1.18 bits per heavy atom. The van der Waals surface area contributed by atoms with Crippen molar-refractivity contribution in [2.75, 3.05) is 0 Å². The van der Waals surface area contributed by atoms with Crippen molar-refractivity contribution in [2.45, 2.75) is 5.75 Å². The van der Waals surface area contributed by atoms with E-state index in [0.717, 1.165) is 5.56 Å². The maximum atomic E-state index is 9.63. The zero-order valence-electron chi connectivity index (χ0n) is 11.4. The lowest BCUT2D eigenvalue weighted by atomic mass is 10.2. The van der Waals surface area contributed by atoms with Gasteiger partial charge in [-0.1, -0.05) is 47.1 Å². The number of phenols is 1. The van der Waals surface area contributed by atoms with Gasteiger partial charge in [0.25, 0.3) is 0 Å². The number of phenolic OH excluding ortho intramolecular Hbond substituents is 1. The van der Waals surface area contributed by atoms with Crippen LogP contribution >= 0.6 is 35.0 Å². The summed E-state index contributed by atoms with van der Waals surface area (Å²) in [5.74, 6) is 0.724. The fourth-order valence-electron chi connectivity index (χ4n) is 1.59. The quantitative estimate of drug-likeness (QED) is 0.489. The minimum Gasteiger partial charge on any atom is -0.507 e. The predicted octanol–water partition coefficient (Wildman–Crippen LogP) is 4.28. The first kappa shape index (κ1) is 16.7. The maximum absolute atomic E-state index is 9.63. The molecule has 0 heterocycles. The van der Waals surface area contributed by atoms with Crippen molar-refractivity contribution in [2.24, 2.45) is 15.9 Å². The normalized spacial score (nSPS) is 12.0. The Labute approximate surface area is 142 Å². The van der Waals surface area contributed by atoms with Crippen LogP contribution in [-0.4, -0.2) is 16.5 Å². The lowest BCUT2D eigenvalue weighted by Crippen LogP contribution is -2.06. The van der Waals surface area contributed by atoms with E-state index in [2.05, 4.69) is 10.2 Å². The SMILES string of the molecule is N/C(=N\N=C\c1cc(Cl)ccc1O)SCc1cccc(Cl)c1. The van der Waals surface area contributed by atoms with E-state index in [-0.39, 0.29) is 5.75 Å². The van der Waals surface area contributed by atoms with Crippen molar-refractivity contribution in [1.29, 1.82) is 0 Å². The summed E-state index contributed by atoms with van der Waals surface area (Å²) < 4.78 is 0. The van der Waals surface area contributed by atoms with Crippen LogP contribution in [0.15, 0.2) is 52.7 Å². The fourth-order valence-corrected chi connectivity index (χ4v) is 2.58. The highest BCUT2D eigenvalue weighted by molar-refractivity contribution is 8.13. The van der Waals surface area contributed by atoms with E-state index in [9.17, 15) is 5.11 Å². The Morgan fingerprint density at radius 3 is 2.73 bits per heavy atom.